The molecule has 20 heavy (non-hydrogen) atoms. The molecule has 0 spiro atoms. The number of aryl methyl sites for hydroxylation is 1. The maximum atomic E-state index is 5.76. The van der Waals surface area contributed by atoms with Gasteiger partial charge in [0.05, 0.1) is 17.8 Å². The standard InChI is InChI=1S/C16H17N3O/c1-2-15-13(7-9-20-15)16(19-17)12-5-6-14-11(10-12)4-3-8-18-14/h3-10,16,19H,2,17H2,1H3. The number of pyridine rings is 1. The second kappa shape index (κ2) is 5.45. The largest absolute Gasteiger partial charge is 0.469 e. The maximum Gasteiger partial charge on any atom is 0.108 e. The van der Waals surface area contributed by atoms with Crippen LogP contribution in [-0.2, 0) is 6.42 Å². The Morgan fingerprint density at radius 1 is 1.30 bits per heavy atom. The minimum Gasteiger partial charge on any atom is -0.469 e. The molecule has 0 saturated carbocycles. The van der Waals surface area contributed by atoms with Crippen LogP contribution in [-0.4, -0.2) is 4.98 Å². The number of nitrogens with two attached hydrogens (primary N) is 1. The summed E-state index contributed by atoms with van der Waals surface area (Å²) in [7, 11) is 0. The molecule has 3 aromatic rings. The third-order valence-corrected chi connectivity index (χ3v) is 3.54. The highest BCUT2D eigenvalue weighted by molar-refractivity contribution is 5.79. The van der Waals surface area contributed by atoms with Gasteiger partial charge in [0.1, 0.15) is 5.76 Å². The lowest BCUT2D eigenvalue weighted by molar-refractivity contribution is 0.502. The number of nitrogens with one attached hydrogen (secondary N) is 1. The Kier molecular flexibility index (Phi) is 3.50. The topological polar surface area (TPSA) is 64.1 Å². The summed E-state index contributed by atoms with van der Waals surface area (Å²) in [5.74, 6) is 6.71. The fraction of sp³-hybridized carbons (Fsp3) is 0.188. The highest BCUT2D eigenvalue weighted by Crippen LogP contribution is 2.27. The molecule has 1 unspecified atom stereocenters. The van der Waals surface area contributed by atoms with E-state index in [0.29, 0.717) is 0 Å². The van der Waals surface area contributed by atoms with Gasteiger partial charge in [0.15, 0.2) is 0 Å². The first-order valence-electron chi connectivity index (χ1n) is 6.70. The van der Waals surface area contributed by atoms with E-state index in [1.807, 2.05) is 24.3 Å². The molecule has 4 nitrogen and oxygen atoms in total. The number of hydrogen-bond acceptors (Lipinski definition) is 4. The zero-order valence-corrected chi connectivity index (χ0v) is 11.3. The van der Waals surface area contributed by atoms with Crippen LogP contribution in [0.5, 0.6) is 0 Å². The second-order valence-corrected chi connectivity index (χ2v) is 4.71. The van der Waals surface area contributed by atoms with Crippen LogP contribution >= 0.6 is 0 Å². The van der Waals surface area contributed by atoms with Gasteiger partial charge in [-0.3, -0.25) is 10.8 Å². The number of nitrogens with zero attached hydrogens (tertiary/aromatic N) is 1. The Hall–Kier alpha value is -2.17. The van der Waals surface area contributed by atoms with Crippen molar-refractivity contribution in [2.45, 2.75) is 19.4 Å². The van der Waals surface area contributed by atoms with E-state index in [2.05, 4.69) is 29.5 Å². The van der Waals surface area contributed by atoms with E-state index >= 15 is 0 Å². The molecule has 0 bridgehead atoms. The van der Waals surface area contributed by atoms with Crippen molar-refractivity contribution in [1.82, 2.24) is 10.4 Å². The average Bonchev–Trinajstić information content (AvgIpc) is 2.96. The molecule has 0 amide bonds. The van der Waals surface area contributed by atoms with E-state index < -0.39 is 0 Å². The first kappa shape index (κ1) is 12.8. The van der Waals surface area contributed by atoms with Gasteiger partial charge in [-0.1, -0.05) is 19.1 Å². The van der Waals surface area contributed by atoms with Crippen molar-refractivity contribution in [3.05, 3.63) is 65.7 Å². The minimum absolute atomic E-state index is 0.0756. The summed E-state index contributed by atoms with van der Waals surface area (Å²) in [6.45, 7) is 2.07. The van der Waals surface area contributed by atoms with Crippen LogP contribution in [0.25, 0.3) is 10.9 Å². The molecular formula is C16H17N3O. The number of benzene rings is 1. The zero-order valence-electron chi connectivity index (χ0n) is 11.3. The molecule has 0 fully saturated rings. The van der Waals surface area contributed by atoms with Gasteiger partial charge in [-0.25, -0.2) is 5.43 Å². The fourth-order valence-electron chi connectivity index (χ4n) is 2.53. The summed E-state index contributed by atoms with van der Waals surface area (Å²) >= 11 is 0. The summed E-state index contributed by atoms with van der Waals surface area (Å²) in [6, 6.07) is 12.1. The van der Waals surface area contributed by atoms with E-state index in [1.54, 1.807) is 12.5 Å². The molecule has 102 valence electrons. The van der Waals surface area contributed by atoms with Crippen LogP contribution in [0.4, 0.5) is 0 Å². The smallest absolute Gasteiger partial charge is 0.108 e. The summed E-state index contributed by atoms with van der Waals surface area (Å²) in [4.78, 5) is 4.33. The summed E-state index contributed by atoms with van der Waals surface area (Å²) < 4.78 is 5.50. The van der Waals surface area contributed by atoms with Crippen molar-refractivity contribution < 1.29 is 4.42 Å². The van der Waals surface area contributed by atoms with Gasteiger partial charge in [0.25, 0.3) is 0 Å². The molecular weight excluding hydrogens is 250 g/mol. The Labute approximate surface area is 117 Å². The number of hydrogen-bond donors (Lipinski definition) is 2. The van der Waals surface area contributed by atoms with Gasteiger partial charge in [0.2, 0.25) is 0 Å². The number of rotatable bonds is 4. The first-order chi connectivity index (χ1) is 9.83. The van der Waals surface area contributed by atoms with Crippen molar-refractivity contribution >= 4 is 10.9 Å². The number of furan rings is 1. The zero-order chi connectivity index (χ0) is 13.9. The predicted molar refractivity (Wildman–Crippen MR) is 79.0 cm³/mol. The molecule has 3 N–H and O–H groups in total. The van der Waals surface area contributed by atoms with Crippen LogP contribution in [0.15, 0.2) is 53.3 Å². The minimum atomic E-state index is -0.0756. The quantitative estimate of drug-likeness (QED) is 0.563. The fourth-order valence-corrected chi connectivity index (χ4v) is 2.53. The molecule has 0 radical (unpaired) electrons. The molecule has 2 heterocycles. The van der Waals surface area contributed by atoms with Gasteiger partial charge in [0, 0.05) is 23.6 Å². The first-order valence-corrected chi connectivity index (χ1v) is 6.70. The van der Waals surface area contributed by atoms with Gasteiger partial charge >= 0.3 is 0 Å². The maximum absolute atomic E-state index is 5.76. The molecule has 0 saturated heterocycles. The van der Waals surface area contributed by atoms with Crippen LogP contribution < -0.4 is 11.3 Å². The Morgan fingerprint density at radius 3 is 3.00 bits per heavy atom. The van der Waals surface area contributed by atoms with Gasteiger partial charge < -0.3 is 4.42 Å². The Morgan fingerprint density at radius 2 is 2.20 bits per heavy atom. The number of fused-ring (bicyclic) bond motifs is 1. The molecule has 4 heteroatoms. The average molecular weight is 267 g/mol. The third-order valence-electron chi connectivity index (χ3n) is 3.54. The van der Waals surface area contributed by atoms with Gasteiger partial charge in [-0.2, -0.15) is 0 Å². The van der Waals surface area contributed by atoms with E-state index in [1.165, 1.54) is 0 Å². The molecule has 1 aromatic carbocycles. The van der Waals surface area contributed by atoms with E-state index in [0.717, 1.165) is 34.2 Å². The second-order valence-electron chi connectivity index (χ2n) is 4.71. The molecule has 0 aliphatic rings. The van der Waals surface area contributed by atoms with Crippen molar-refractivity contribution in [3.63, 3.8) is 0 Å². The summed E-state index contributed by atoms with van der Waals surface area (Å²) in [6.07, 6.45) is 4.35. The normalized spacial score (nSPS) is 12.7. The van der Waals surface area contributed by atoms with E-state index in [9.17, 15) is 0 Å². The number of aromatic nitrogens is 1. The molecule has 3 rings (SSSR count). The van der Waals surface area contributed by atoms with Crippen LogP contribution in [0.3, 0.4) is 0 Å². The van der Waals surface area contributed by atoms with E-state index in [4.69, 9.17) is 10.3 Å². The number of hydrazine groups is 1. The van der Waals surface area contributed by atoms with Crippen molar-refractivity contribution in [1.29, 1.82) is 0 Å². The Balaban J connectivity index is 2.07. The molecule has 0 aliphatic heterocycles. The van der Waals surface area contributed by atoms with Crippen LogP contribution in [0.2, 0.25) is 0 Å². The summed E-state index contributed by atoms with van der Waals surface area (Å²) in [5, 5.41) is 1.10. The van der Waals surface area contributed by atoms with Crippen molar-refractivity contribution in [2.75, 3.05) is 0 Å². The van der Waals surface area contributed by atoms with Crippen LogP contribution in [0.1, 0.15) is 29.9 Å². The van der Waals surface area contributed by atoms with Gasteiger partial charge in [-0.15, -0.1) is 0 Å². The van der Waals surface area contributed by atoms with Crippen LogP contribution in [0, 0.1) is 0 Å². The monoisotopic (exact) mass is 267 g/mol. The molecule has 1 atom stereocenters. The lowest BCUT2D eigenvalue weighted by Crippen LogP contribution is -2.29. The predicted octanol–water partition coefficient (Wildman–Crippen LogP) is 2.94. The third kappa shape index (κ3) is 2.19. The highest BCUT2D eigenvalue weighted by Gasteiger charge is 2.18. The molecule has 0 aliphatic carbocycles. The molecule has 2 aromatic heterocycles. The van der Waals surface area contributed by atoms with E-state index in [-0.39, 0.29) is 6.04 Å². The highest BCUT2D eigenvalue weighted by atomic mass is 16.3. The van der Waals surface area contributed by atoms with Crippen molar-refractivity contribution in [2.24, 2.45) is 5.84 Å². The summed E-state index contributed by atoms with van der Waals surface area (Å²) in [5.41, 5.74) is 6.04. The lowest BCUT2D eigenvalue weighted by atomic mass is 9.97. The van der Waals surface area contributed by atoms with Gasteiger partial charge in [-0.05, 0) is 29.8 Å². The SMILES string of the molecule is CCc1occc1C(NN)c1ccc2ncccc2c1. The lowest BCUT2D eigenvalue weighted by Gasteiger charge is -2.16. The van der Waals surface area contributed by atoms with Crippen molar-refractivity contribution in [3.8, 4) is 0 Å². The Bertz CT molecular complexity index is 720.